The lowest BCUT2D eigenvalue weighted by Gasteiger charge is -2.44. The van der Waals surface area contributed by atoms with Crippen molar-refractivity contribution >= 4 is 30.5 Å². The fourth-order valence-electron chi connectivity index (χ4n) is 5.89. The number of esters is 1. The Hall–Kier alpha value is -4.36. The van der Waals surface area contributed by atoms with Gasteiger partial charge in [-0.3, -0.25) is 0 Å². The molecule has 0 spiro atoms. The molecule has 1 atom stereocenters. The lowest BCUT2D eigenvalue weighted by atomic mass is 10.1. The van der Waals surface area contributed by atoms with Gasteiger partial charge in [0.1, 0.15) is 32.1 Å². The summed E-state index contributed by atoms with van der Waals surface area (Å²) >= 11 is 0. The smallest absolute Gasteiger partial charge is 0.408 e. The molecule has 0 aliphatic carbocycles. The molecule has 1 N–H and O–H groups in total. The average Bonchev–Trinajstić information content (AvgIpc) is 3.02. The molecule has 0 heterocycles. The van der Waals surface area contributed by atoms with Gasteiger partial charge in [-0.05, 0) is 55.1 Å². The first-order valence-corrected chi connectivity index (χ1v) is 18.1. The zero-order valence-electron chi connectivity index (χ0n) is 27.9. The van der Waals surface area contributed by atoms with Gasteiger partial charge in [0.2, 0.25) is 0 Å². The highest BCUT2D eigenvalue weighted by molar-refractivity contribution is 7.04. The van der Waals surface area contributed by atoms with Crippen LogP contribution in [0.3, 0.4) is 0 Å². The minimum absolute atomic E-state index is 0.0498. The minimum Gasteiger partial charge on any atom is -0.494 e. The van der Waals surface area contributed by atoms with Crippen molar-refractivity contribution in [3.63, 3.8) is 0 Å². The third-order valence-corrected chi connectivity index (χ3v) is 14.3. The van der Waals surface area contributed by atoms with Crippen LogP contribution in [0.4, 0.5) is 4.79 Å². The minimum atomic E-state index is -2.24. The molecule has 46 heavy (non-hydrogen) atoms. The van der Waals surface area contributed by atoms with Crippen LogP contribution in [0.15, 0.2) is 115 Å². The van der Waals surface area contributed by atoms with Crippen LogP contribution < -0.4 is 20.4 Å². The van der Waals surface area contributed by atoms with Crippen LogP contribution in [0.25, 0.3) is 0 Å². The molecule has 0 saturated carbocycles. The SMILES string of the molecule is CC(C)(C)OC(=O)N[C@@H](Cc1ccc(OCC[Si](c2ccccc2)(c2ccccc2)C(C)(C)C)cc1)C(=O)OCc1ccccc1. The maximum Gasteiger partial charge on any atom is 0.408 e. The van der Waals surface area contributed by atoms with Crippen molar-refractivity contribution in [3.05, 3.63) is 126 Å². The first-order chi connectivity index (χ1) is 21.9. The Morgan fingerprint density at radius 2 is 1.22 bits per heavy atom. The maximum atomic E-state index is 13.1. The number of hydrogen-bond acceptors (Lipinski definition) is 5. The summed E-state index contributed by atoms with van der Waals surface area (Å²) in [6, 6.07) is 38.9. The van der Waals surface area contributed by atoms with Gasteiger partial charge in [0.15, 0.2) is 0 Å². The summed E-state index contributed by atoms with van der Waals surface area (Å²) in [6.07, 6.45) is -0.424. The van der Waals surface area contributed by atoms with Gasteiger partial charge in [-0.15, -0.1) is 0 Å². The summed E-state index contributed by atoms with van der Waals surface area (Å²) in [4.78, 5) is 25.7. The van der Waals surface area contributed by atoms with Gasteiger partial charge >= 0.3 is 12.1 Å². The van der Waals surface area contributed by atoms with Crippen LogP contribution in [0.1, 0.15) is 52.7 Å². The second-order valence-electron chi connectivity index (χ2n) is 13.6. The summed E-state index contributed by atoms with van der Waals surface area (Å²) in [6.45, 7) is 13.1. The van der Waals surface area contributed by atoms with Gasteiger partial charge in [0, 0.05) is 6.42 Å². The van der Waals surface area contributed by atoms with Crippen LogP contribution in [0.5, 0.6) is 5.75 Å². The average molecular weight is 638 g/mol. The Morgan fingerprint density at radius 3 is 1.72 bits per heavy atom. The van der Waals surface area contributed by atoms with E-state index in [2.05, 4.69) is 86.8 Å². The maximum absolute atomic E-state index is 13.1. The predicted octanol–water partition coefficient (Wildman–Crippen LogP) is 7.31. The number of ether oxygens (including phenoxy) is 3. The summed E-state index contributed by atoms with van der Waals surface area (Å²) in [5.74, 6) is 0.227. The summed E-state index contributed by atoms with van der Waals surface area (Å²) in [7, 11) is -2.24. The van der Waals surface area contributed by atoms with Gasteiger partial charge in [-0.2, -0.15) is 0 Å². The van der Waals surface area contributed by atoms with Crippen LogP contribution in [0, 0.1) is 0 Å². The number of alkyl carbamates (subject to hydrolysis) is 1. The molecule has 4 aromatic rings. The number of benzene rings is 4. The Labute approximate surface area is 275 Å². The van der Waals surface area contributed by atoms with Crippen molar-refractivity contribution in [1.82, 2.24) is 5.32 Å². The standard InChI is InChI=1S/C39H47NO5Si/c1-38(2,3)45-37(42)40-35(36(41)44-29-31-16-10-7-11-17-31)28-30-22-24-32(25-23-30)43-26-27-46(39(4,5)6,33-18-12-8-13-19-33)34-20-14-9-15-21-34/h7-25,35H,26-29H2,1-6H3,(H,40,42)/t35-/m0/s1. The van der Waals surface area contributed by atoms with E-state index >= 15 is 0 Å². The van der Waals surface area contributed by atoms with Gasteiger partial charge in [-0.25, -0.2) is 9.59 Å². The van der Waals surface area contributed by atoms with E-state index in [0.29, 0.717) is 6.61 Å². The van der Waals surface area contributed by atoms with Crippen LogP contribution in [-0.2, 0) is 27.3 Å². The Morgan fingerprint density at radius 1 is 0.696 bits per heavy atom. The van der Waals surface area contributed by atoms with E-state index in [0.717, 1.165) is 22.9 Å². The molecule has 4 rings (SSSR count). The van der Waals surface area contributed by atoms with Crippen LogP contribution in [0.2, 0.25) is 11.1 Å². The van der Waals surface area contributed by atoms with Crippen molar-refractivity contribution < 1.29 is 23.8 Å². The second-order valence-corrected chi connectivity index (χ2v) is 18.6. The van der Waals surface area contributed by atoms with E-state index in [9.17, 15) is 9.59 Å². The highest BCUT2D eigenvalue weighted by atomic mass is 28.3. The van der Waals surface area contributed by atoms with Gasteiger partial charge in [-0.1, -0.05) is 134 Å². The second kappa shape index (κ2) is 15.3. The zero-order chi connectivity index (χ0) is 33.2. The molecule has 0 saturated heterocycles. The van der Waals surface area contributed by atoms with E-state index < -0.39 is 31.8 Å². The highest BCUT2D eigenvalue weighted by Crippen LogP contribution is 2.38. The van der Waals surface area contributed by atoms with E-state index in [1.165, 1.54) is 10.4 Å². The largest absolute Gasteiger partial charge is 0.494 e. The van der Waals surface area contributed by atoms with Crippen molar-refractivity contribution in [3.8, 4) is 5.75 Å². The third-order valence-electron chi connectivity index (χ3n) is 8.12. The Balaban J connectivity index is 1.46. The lowest BCUT2D eigenvalue weighted by molar-refractivity contribution is -0.147. The van der Waals surface area contributed by atoms with E-state index in [4.69, 9.17) is 14.2 Å². The molecule has 7 heteroatoms. The number of hydrogen-bond donors (Lipinski definition) is 1. The summed E-state index contributed by atoms with van der Waals surface area (Å²) in [5.41, 5.74) is 1.03. The Bertz CT molecular complexity index is 1490. The van der Waals surface area contributed by atoms with E-state index in [1.54, 1.807) is 20.8 Å². The molecule has 0 bridgehead atoms. The van der Waals surface area contributed by atoms with Crippen LogP contribution in [-0.4, -0.2) is 38.4 Å². The molecule has 0 fully saturated rings. The molecule has 0 aliphatic heterocycles. The number of rotatable bonds is 12. The molecular weight excluding hydrogens is 591 g/mol. The molecule has 0 radical (unpaired) electrons. The van der Waals surface area contributed by atoms with E-state index in [-0.39, 0.29) is 18.1 Å². The molecule has 242 valence electrons. The van der Waals surface area contributed by atoms with Crippen molar-refractivity contribution in [1.29, 1.82) is 0 Å². The molecule has 1 amide bonds. The number of carbonyl (C=O) groups is 2. The fraction of sp³-hybridized carbons (Fsp3) is 0.333. The van der Waals surface area contributed by atoms with Crippen LogP contribution >= 0.6 is 0 Å². The summed E-state index contributed by atoms with van der Waals surface area (Å²) < 4.78 is 17.4. The molecule has 0 aliphatic rings. The van der Waals surface area contributed by atoms with Crippen molar-refractivity contribution in [2.45, 2.75) is 77.3 Å². The monoisotopic (exact) mass is 637 g/mol. The van der Waals surface area contributed by atoms with Crippen molar-refractivity contribution in [2.75, 3.05) is 6.61 Å². The Kier molecular flexibility index (Phi) is 11.5. The quantitative estimate of drug-likeness (QED) is 0.130. The lowest BCUT2D eigenvalue weighted by Crippen LogP contribution is -2.64. The topological polar surface area (TPSA) is 73.9 Å². The number of amides is 1. The molecule has 4 aromatic carbocycles. The third kappa shape index (κ3) is 9.33. The normalized spacial score (nSPS) is 12.6. The zero-order valence-corrected chi connectivity index (χ0v) is 28.9. The first-order valence-electron chi connectivity index (χ1n) is 15.9. The van der Waals surface area contributed by atoms with E-state index in [1.807, 2.05) is 54.6 Å². The van der Waals surface area contributed by atoms with Gasteiger partial charge in [0.05, 0.1) is 6.61 Å². The highest BCUT2D eigenvalue weighted by Gasteiger charge is 2.47. The fourth-order valence-corrected chi connectivity index (χ4v) is 11.2. The molecule has 0 unspecified atom stereocenters. The summed E-state index contributed by atoms with van der Waals surface area (Å²) in [5, 5.41) is 5.55. The number of carbonyl (C=O) groups excluding carboxylic acids is 2. The molecule has 0 aromatic heterocycles. The molecule has 6 nitrogen and oxygen atoms in total. The molecular formula is C39H47NO5Si. The van der Waals surface area contributed by atoms with Gasteiger partial charge in [0.25, 0.3) is 0 Å². The first kappa shape index (κ1) is 34.5. The van der Waals surface area contributed by atoms with Gasteiger partial charge < -0.3 is 19.5 Å². The number of nitrogens with one attached hydrogen (secondary N) is 1. The van der Waals surface area contributed by atoms with Crippen molar-refractivity contribution in [2.24, 2.45) is 0 Å². The predicted molar refractivity (Wildman–Crippen MR) is 187 cm³/mol.